The second kappa shape index (κ2) is 6.89. The molecule has 6 nitrogen and oxygen atoms in total. The minimum Gasteiger partial charge on any atom is -0.480 e. The van der Waals surface area contributed by atoms with E-state index in [2.05, 4.69) is 26.3 Å². The van der Waals surface area contributed by atoms with Crippen molar-refractivity contribution in [3.63, 3.8) is 0 Å². The summed E-state index contributed by atoms with van der Waals surface area (Å²) in [6.07, 6.45) is 2.02. The van der Waals surface area contributed by atoms with Gasteiger partial charge in [-0.25, -0.2) is 0 Å². The van der Waals surface area contributed by atoms with E-state index in [0.29, 0.717) is 12.1 Å². The second-order valence-electron chi connectivity index (χ2n) is 5.63. The van der Waals surface area contributed by atoms with Crippen LogP contribution in [-0.4, -0.2) is 50.9 Å². The Morgan fingerprint density at radius 2 is 2.24 bits per heavy atom. The van der Waals surface area contributed by atoms with E-state index in [4.69, 9.17) is 5.11 Å². The third-order valence-corrected chi connectivity index (χ3v) is 5.23. The standard InChI is InChI=1S/C14H23BrN4O2/c1-4-19(8-13(20)21)11-5-10(6-11)16-7-12-14(15)9(2)17-18(12)3/h10-11,16H,4-8H2,1-3H3,(H,20,21). The van der Waals surface area contributed by atoms with Crippen LogP contribution in [0.1, 0.15) is 31.2 Å². The lowest BCUT2D eigenvalue weighted by atomic mass is 9.85. The van der Waals surface area contributed by atoms with Crippen LogP contribution in [0.4, 0.5) is 0 Å². The number of carboxylic acids is 1. The maximum absolute atomic E-state index is 10.8. The Morgan fingerprint density at radius 1 is 1.57 bits per heavy atom. The molecule has 0 saturated heterocycles. The summed E-state index contributed by atoms with van der Waals surface area (Å²) >= 11 is 3.57. The van der Waals surface area contributed by atoms with Gasteiger partial charge in [-0.1, -0.05) is 6.92 Å². The summed E-state index contributed by atoms with van der Waals surface area (Å²) in [5.74, 6) is -0.748. The predicted molar refractivity (Wildman–Crippen MR) is 84.2 cm³/mol. The molecule has 0 aromatic carbocycles. The topological polar surface area (TPSA) is 70.4 Å². The van der Waals surface area contributed by atoms with E-state index in [-0.39, 0.29) is 6.54 Å². The maximum atomic E-state index is 10.8. The first kappa shape index (κ1) is 16.5. The van der Waals surface area contributed by atoms with Crippen molar-refractivity contribution in [2.45, 2.75) is 45.3 Å². The molecule has 0 amide bonds. The molecule has 0 aliphatic heterocycles. The van der Waals surface area contributed by atoms with Crippen LogP contribution >= 0.6 is 15.9 Å². The predicted octanol–water partition coefficient (Wildman–Crippen LogP) is 1.52. The molecule has 1 heterocycles. The van der Waals surface area contributed by atoms with Crippen LogP contribution in [0.2, 0.25) is 0 Å². The first-order valence-corrected chi connectivity index (χ1v) is 8.08. The van der Waals surface area contributed by atoms with Gasteiger partial charge in [-0.05, 0) is 42.2 Å². The lowest BCUT2D eigenvalue weighted by molar-refractivity contribution is -0.139. The van der Waals surface area contributed by atoms with Crippen LogP contribution in [0.5, 0.6) is 0 Å². The highest BCUT2D eigenvalue weighted by Crippen LogP contribution is 2.27. The summed E-state index contributed by atoms with van der Waals surface area (Å²) in [7, 11) is 1.95. The number of aryl methyl sites for hydroxylation is 2. The van der Waals surface area contributed by atoms with Gasteiger partial charge in [-0.2, -0.15) is 5.10 Å². The van der Waals surface area contributed by atoms with Gasteiger partial charge in [0.25, 0.3) is 0 Å². The minimum absolute atomic E-state index is 0.139. The van der Waals surface area contributed by atoms with Gasteiger partial charge >= 0.3 is 5.97 Å². The van der Waals surface area contributed by atoms with Gasteiger partial charge < -0.3 is 10.4 Å². The number of aromatic nitrogens is 2. The zero-order valence-electron chi connectivity index (χ0n) is 12.8. The molecular weight excluding hydrogens is 336 g/mol. The molecule has 118 valence electrons. The molecule has 1 saturated carbocycles. The molecule has 7 heteroatoms. The Balaban J connectivity index is 1.79. The molecule has 0 bridgehead atoms. The van der Waals surface area contributed by atoms with E-state index in [9.17, 15) is 4.79 Å². The van der Waals surface area contributed by atoms with Crippen LogP contribution in [-0.2, 0) is 18.4 Å². The molecule has 2 rings (SSSR count). The maximum Gasteiger partial charge on any atom is 0.317 e. The molecule has 1 aliphatic carbocycles. The van der Waals surface area contributed by atoms with Gasteiger partial charge in [0.1, 0.15) is 0 Å². The molecule has 2 N–H and O–H groups in total. The Kier molecular flexibility index (Phi) is 5.40. The molecule has 0 radical (unpaired) electrons. The lowest BCUT2D eigenvalue weighted by Crippen LogP contribution is -2.53. The smallest absolute Gasteiger partial charge is 0.317 e. The third-order valence-electron chi connectivity index (χ3n) is 4.19. The number of carboxylic acid groups (broad SMARTS) is 1. The molecule has 1 aromatic rings. The number of rotatable bonds is 7. The Hall–Kier alpha value is -0.920. The number of nitrogens with zero attached hydrogens (tertiary/aromatic N) is 3. The largest absolute Gasteiger partial charge is 0.480 e. The van der Waals surface area contributed by atoms with Crippen molar-refractivity contribution in [2.75, 3.05) is 13.1 Å². The first-order valence-electron chi connectivity index (χ1n) is 7.29. The summed E-state index contributed by atoms with van der Waals surface area (Å²) in [5.41, 5.74) is 2.15. The monoisotopic (exact) mass is 358 g/mol. The fourth-order valence-electron chi connectivity index (χ4n) is 2.84. The van der Waals surface area contributed by atoms with Gasteiger partial charge in [0.05, 0.1) is 22.4 Å². The Bertz CT molecular complexity index is 511. The molecule has 1 aromatic heterocycles. The van der Waals surface area contributed by atoms with E-state index >= 15 is 0 Å². The second-order valence-corrected chi connectivity index (χ2v) is 6.42. The van der Waals surface area contributed by atoms with E-state index in [1.807, 2.05) is 30.5 Å². The highest BCUT2D eigenvalue weighted by Gasteiger charge is 2.33. The van der Waals surface area contributed by atoms with Crippen molar-refractivity contribution in [1.82, 2.24) is 20.0 Å². The van der Waals surface area contributed by atoms with E-state index < -0.39 is 5.97 Å². The van der Waals surface area contributed by atoms with Crippen LogP contribution in [0, 0.1) is 6.92 Å². The highest BCUT2D eigenvalue weighted by molar-refractivity contribution is 9.10. The lowest BCUT2D eigenvalue weighted by Gasteiger charge is -2.42. The molecule has 0 spiro atoms. The van der Waals surface area contributed by atoms with E-state index in [1.165, 1.54) is 0 Å². The van der Waals surface area contributed by atoms with Crippen molar-refractivity contribution in [2.24, 2.45) is 7.05 Å². The van der Waals surface area contributed by atoms with Crippen molar-refractivity contribution in [1.29, 1.82) is 0 Å². The third kappa shape index (κ3) is 3.84. The zero-order valence-corrected chi connectivity index (χ0v) is 14.4. The quantitative estimate of drug-likeness (QED) is 0.773. The average Bonchev–Trinajstić information content (AvgIpc) is 2.60. The molecular formula is C14H23BrN4O2. The fraction of sp³-hybridized carbons (Fsp3) is 0.714. The first-order chi connectivity index (χ1) is 9.92. The van der Waals surface area contributed by atoms with Crippen molar-refractivity contribution < 1.29 is 9.90 Å². The van der Waals surface area contributed by atoms with Gasteiger partial charge in [0.15, 0.2) is 0 Å². The molecule has 1 aliphatic rings. The highest BCUT2D eigenvalue weighted by atomic mass is 79.9. The molecule has 0 unspecified atom stereocenters. The number of halogens is 1. The van der Waals surface area contributed by atoms with Gasteiger partial charge in [0.2, 0.25) is 0 Å². The normalized spacial score (nSPS) is 21.6. The molecule has 21 heavy (non-hydrogen) atoms. The van der Waals surface area contributed by atoms with Gasteiger partial charge in [-0.15, -0.1) is 0 Å². The van der Waals surface area contributed by atoms with Crippen LogP contribution in [0.15, 0.2) is 4.47 Å². The number of carbonyl (C=O) groups is 1. The average molecular weight is 359 g/mol. The van der Waals surface area contributed by atoms with Crippen LogP contribution < -0.4 is 5.32 Å². The van der Waals surface area contributed by atoms with Crippen LogP contribution in [0.25, 0.3) is 0 Å². The number of hydrogen-bond donors (Lipinski definition) is 2. The zero-order chi connectivity index (χ0) is 15.6. The number of nitrogens with one attached hydrogen (secondary N) is 1. The minimum atomic E-state index is -0.748. The van der Waals surface area contributed by atoms with Crippen molar-refractivity contribution in [3.8, 4) is 0 Å². The Morgan fingerprint density at radius 3 is 2.71 bits per heavy atom. The van der Waals surface area contributed by atoms with Gasteiger partial charge in [-0.3, -0.25) is 14.4 Å². The SMILES string of the molecule is CCN(CC(=O)O)C1CC(NCc2c(Br)c(C)nn2C)C1. The number of hydrogen-bond acceptors (Lipinski definition) is 4. The molecule has 0 atom stereocenters. The van der Waals surface area contributed by atoms with Crippen LogP contribution in [0.3, 0.4) is 0 Å². The summed E-state index contributed by atoms with van der Waals surface area (Å²) in [6, 6.07) is 0.847. The molecule has 1 fully saturated rings. The van der Waals surface area contributed by atoms with E-state index in [0.717, 1.165) is 41.8 Å². The Labute approximate surface area is 133 Å². The van der Waals surface area contributed by atoms with Crippen molar-refractivity contribution in [3.05, 3.63) is 15.9 Å². The summed E-state index contributed by atoms with van der Waals surface area (Å²) in [5, 5.41) is 16.8. The summed E-state index contributed by atoms with van der Waals surface area (Å²) in [6.45, 7) is 5.70. The number of likely N-dealkylation sites (N-methyl/N-ethyl adjacent to an activating group) is 1. The van der Waals surface area contributed by atoms with E-state index in [1.54, 1.807) is 0 Å². The fourth-order valence-corrected chi connectivity index (χ4v) is 3.31. The number of aliphatic carboxylic acids is 1. The summed E-state index contributed by atoms with van der Waals surface area (Å²) < 4.78 is 2.96. The van der Waals surface area contributed by atoms with Crippen molar-refractivity contribution >= 4 is 21.9 Å². The summed E-state index contributed by atoms with van der Waals surface area (Å²) in [4.78, 5) is 12.8. The van der Waals surface area contributed by atoms with Gasteiger partial charge in [0, 0.05) is 25.7 Å².